The van der Waals surface area contributed by atoms with Crippen molar-refractivity contribution in [1.29, 1.82) is 5.26 Å². The number of carbonyl (C=O) groups excluding carboxylic acids is 2. The summed E-state index contributed by atoms with van der Waals surface area (Å²) in [6, 6.07) is 8.73. The molecule has 2 heterocycles. The first-order chi connectivity index (χ1) is 13.0. The summed E-state index contributed by atoms with van der Waals surface area (Å²) in [7, 11) is 0. The van der Waals surface area contributed by atoms with Crippen LogP contribution in [0.4, 0.5) is 5.69 Å². The highest BCUT2D eigenvalue weighted by molar-refractivity contribution is 6.05. The van der Waals surface area contributed by atoms with Crippen LogP contribution in [0, 0.1) is 11.3 Å². The van der Waals surface area contributed by atoms with Gasteiger partial charge in [-0.15, -0.1) is 0 Å². The smallest absolute Gasteiger partial charge is 0.287 e. The fraction of sp³-hybridized carbons (Fsp3) is 0.400. The number of hydrogen-bond acceptors (Lipinski definition) is 4. The highest BCUT2D eigenvalue weighted by atomic mass is 16.2. The Morgan fingerprint density at radius 2 is 2.00 bits per heavy atom. The maximum atomic E-state index is 12.8. The Bertz CT molecular complexity index is 892. The largest absolute Gasteiger partial charge is 0.347 e. The van der Waals surface area contributed by atoms with Crippen LogP contribution >= 0.6 is 0 Å². The van der Waals surface area contributed by atoms with Crippen LogP contribution in [0.15, 0.2) is 24.3 Å². The van der Waals surface area contributed by atoms with Gasteiger partial charge in [-0.1, -0.05) is 6.92 Å². The molecule has 0 bridgehead atoms. The van der Waals surface area contributed by atoms with Crippen molar-refractivity contribution in [3.05, 3.63) is 47.0 Å². The minimum Gasteiger partial charge on any atom is -0.347 e. The molecular weight excluding hydrogens is 342 g/mol. The molecule has 1 unspecified atom stereocenters. The van der Waals surface area contributed by atoms with Gasteiger partial charge in [0.25, 0.3) is 11.8 Å². The third kappa shape index (κ3) is 4.00. The van der Waals surface area contributed by atoms with Gasteiger partial charge in [-0.2, -0.15) is 5.26 Å². The monoisotopic (exact) mass is 365 g/mol. The molecule has 0 aliphatic carbocycles. The van der Waals surface area contributed by atoms with Crippen LogP contribution in [0.25, 0.3) is 0 Å². The van der Waals surface area contributed by atoms with E-state index < -0.39 is 0 Å². The molecule has 3 rings (SSSR count). The number of benzene rings is 1. The lowest BCUT2D eigenvalue weighted by atomic mass is 10.1. The van der Waals surface area contributed by atoms with Gasteiger partial charge in [0.2, 0.25) is 0 Å². The van der Waals surface area contributed by atoms with Gasteiger partial charge in [0.1, 0.15) is 0 Å². The molecule has 1 aliphatic rings. The first-order valence-corrected chi connectivity index (χ1v) is 9.25. The Labute approximate surface area is 158 Å². The van der Waals surface area contributed by atoms with E-state index in [1.807, 2.05) is 24.5 Å². The highest BCUT2D eigenvalue weighted by Crippen LogP contribution is 2.22. The third-order valence-corrected chi connectivity index (χ3v) is 4.80. The lowest BCUT2D eigenvalue weighted by Gasteiger charge is -2.18. The van der Waals surface area contributed by atoms with Crippen LogP contribution in [0.1, 0.15) is 65.5 Å². The Balaban J connectivity index is 1.87. The highest BCUT2D eigenvalue weighted by Gasteiger charge is 2.27. The second kappa shape index (κ2) is 8.04. The molecule has 0 saturated heterocycles. The molecule has 0 saturated carbocycles. The number of carbonyl (C=O) groups is 2. The second-order valence-electron chi connectivity index (χ2n) is 6.77. The summed E-state index contributed by atoms with van der Waals surface area (Å²) >= 11 is 0. The van der Waals surface area contributed by atoms with Gasteiger partial charge in [0.05, 0.1) is 17.3 Å². The Kier molecular flexibility index (Phi) is 5.55. The number of imidazole rings is 1. The molecule has 2 amide bonds. The Hall–Kier alpha value is -3.14. The van der Waals surface area contributed by atoms with Gasteiger partial charge in [-0.25, -0.2) is 4.98 Å². The van der Waals surface area contributed by atoms with E-state index in [0.29, 0.717) is 29.3 Å². The molecule has 1 atom stereocenters. The van der Waals surface area contributed by atoms with Crippen molar-refractivity contribution >= 4 is 17.5 Å². The number of nitrogens with one attached hydrogen (secondary N) is 2. The van der Waals surface area contributed by atoms with Crippen LogP contribution in [0.2, 0.25) is 0 Å². The Morgan fingerprint density at radius 1 is 1.26 bits per heavy atom. The van der Waals surface area contributed by atoms with Crippen molar-refractivity contribution in [2.24, 2.45) is 0 Å². The molecule has 0 fully saturated rings. The van der Waals surface area contributed by atoms with Crippen molar-refractivity contribution in [2.45, 2.75) is 52.1 Å². The Morgan fingerprint density at radius 3 is 2.67 bits per heavy atom. The molecule has 0 spiro atoms. The normalized spacial score (nSPS) is 14.0. The van der Waals surface area contributed by atoms with Crippen LogP contribution in [-0.4, -0.2) is 27.4 Å². The minimum absolute atomic E-state index is 0.0463. The van der Waals surface area contributed by atoms with Gasteiger partial charge in [0, 0.05) is 18.3 Å². The lowest BCUT2D eigenvalue weighted by molar-refractivity contribution is 0.0923. The number of rotatable bonds is 5. The fourth-order valence-corrected chi connectivity index (χ4v) is 3.11. The predicted octanol–water partition coefficient (Wildman–Crippen LogP) is 2.87. The maximum absolute atomic E-state index is 12.8. The summed E-state index contributed by atoms with van der Waals surface area (Å²) in [5.74, 6) is -0.284. The zero-order valence-electron chi connectivity index (χ0n) is 15.6. The summed E-state index contributed by atoms with van der Waals surface area (Å²) < 4.78 is 1.87. The maximum Gasteiger partial charge on any atom is 0.287 e. The van der Waals surface area contributed by atoms with E-state index >= 15 is 0 Å². The van der Waals surface area contributed by atoms with Crippen molar-refractivity contribution < 1.29 is 9.59 Å². The zero-order chi connectivity index (χ0) is 19.4. The molecule has 27 heavy (non-hydrogen) atoms. The van der Waals surface area contributed by atoms with E-state index in [2.05, 4.69) is 15.6 Å². The van der Waals surface area contributed by atoms with Gasteiger partial charge in [-0.3, -0.25) is 9.59 Å². The summed E-state index contributed by atoms with van der Waals surface area (Å²) in [5.41, 5.74) is 2.22. The van der Waals surface area contributed by atoms with Crippen molar-refractivity contribution in [3.63, 3.8) is 0 Å². The van der Waals surface area contributed by atoms with Gasteiger partial charge < -0.3 is 15.2 Å². The minimum atomic E-state index is -0.340. The fourth-order valence-electron chi connectivity index (χ4n) is 3.11. The molecule has 2 N–H and O–H groups in total. The van der Waals surface area contributed by atoms with Crippen molar-refractivity contribution in [2.75, 3.05) is 5.32 Å². The number of nitriles is 1. The van der Waals surface area contributed by atoms with E-state index in [0.717, 1.165) is 31.4 Å². The molecule has 2 aromatic rings. The van der Waals surface area contributed by atoms with Gasteiger partial charge in [-0.05, 0) is 56.9 Å². The van der Waals surface area contributed by atoms with E-state index in [4.69, 9.17) is 5.26 Å². The van der Waals surface area contributed by atoms with Gasteiger partial charge >= 0.3 is 0 Å². The van der Waals surface area contributed by atoms with E-state index in [-0.39, 0.29) is 17.9 Å². The zero-order valence-corrected chi connectivity index (χ0v) is 15.6. The molecule has 1 aromatic heterocycles. The number of nitrogens with zero attached hydrogens (tertiary/aromatic N) is 3. The first kappa shape index (κ1) is 18.6. The van der Waals surface area contributed by atoms with Crippen LogP contribution < -0.4 is 10.6 Å². The van der Waals surface area contributed by atoms with E-state index in [1.165, 1.54) is 0 Å². The molecule has 0 radical (unpaired) electrons. The number of fused-ring (bicyclic) bond motifs is 1. The van der Waals surface area contributed by atoms with Crippen LogP contribution in [0.3, 0.4) is 0 Å². The topological polar surface area (TPSA) is 99.8 Å². The first-order valence-electron chi connectivity index (χ1n) is 9.25. The van der Waals surface area contributed by atoms with Crippen molar-refractivity contribution in [1.82, 2.24) is 14.9 Å². The van der Waals surface area contributed by atoms with Gasteiger partial charge in [0.15, 0.2) is 11.5 Å². The quantitative estimate of drug-likeness (QED) is 0.851. The molecule has 7 nitrogen and oxygen atoms in total. The average Bonchev–Trinajstić information content (AvgIpc) is 3.08. The summed E-state index contributed by atoms with van der Waals surface area (Å²) in [5, 5.41) is 14.6. The summed E-state index contributed by atoms with van der Waals surface area (Å²) in [6.07, 6.45) is 3.48. The van der Waals surface area contributed by atoms with Crippen molar-refractivity contribution in [3.8, 4) is 6.07 Å². The number of aromatic nitrogens is 2. The summed E-state index contributed by atoms with van der Waals surface area (Å²) in [4.78, 5) is 29.8. The molecule has 140 valence electrons. The molecule has 7 heteroatoms. The molecule has 1 aliphatic heterocycles. The number of amides is 2. The molecular formula is C20H23N5O2. The number of anilines is 1. The average molecular weight is 365 g/mol. The predicted molar refractivity (Wildman–Crippen MR) is 101 cm³/mol. The van der Waals surface area contributed by atoms with Crippen LogP contribution in [0.5, 0.6) is 0 Å². The second-order valence-corrected chi connectivity index (χ2v) is 6.77. The lowest BCUT2D eigenvalue weighted by Crippen LogP contribution is -2.34. The van der Waals surface area contributed by atoms with Crippen LogP contribution in [-0.2, 0) is 13.0 Å². The van der Waals surface area contributed by atoms with E-state index in [1.54, 1.807) is 24.3 Å². The SMILES string of the molecule is CCC(C)NC(=O)c1nc(C(=O)Nc2ccc(C#N)cc2)c2n1CCCC2. The number of hydrogen-bond donors (Lipinski definition) is 2. The van der Waals surface area contributed by atoms with E-state index in [9.17, 15) is 9.59 Å². The summed E-state index contributed by atoms with van der Waals surface area (Å²) in [6.45, 7) is 4.63. The molecule has 1 aromatic carbocycles. The standard InChI is InChI=1S/C20H23N5O2/c1-3-13(2)22-20(27)18-24-17(16-6-4-5-11-25(16)18)19(26)23-15-9-7-14(12-21)8-10-15/h7-10,13H,3-6,11H2,1-2H3,(H,22,27)(H,23,26). The third-order valence-electron chi connectivity index (χ3n) is 4.80.